The van der Waals surface area contributed by atoms with Gasteiger partial charge in [0.2, 0.25) is 0 Å². The molecule has 0 saturated carbocycles. The molecule has 1 amide bonds. The first kappa shape index (κ1) is 27.5. The van der Waals surface area contributed by atoms with Crippen LogP contribution >= 0.6 is 0 Å². The molecule has 0 saturated heterocycles. The number of hydrogen-bond donors (Lipinski definition) is 0. The first-order valence-electron chi connectivity index (χ1n) is 12.1. The molecule has 0 radical (unpaired) electrons. The van der Waals surface area contributed by atoms with Gasteiger partial charge in [-0.15, -0.1) is 0 Å². The predicted octanol–water partition coefficient (Wildman–Crippen LogP) is 6.03. The van der Waals surface area contributed by atoms with Crippen LogP contribution in [0.1, 0.15) is 16.7 Å². The molecule has 39 heavy (non-hydrogen) atoms. The summed E-state index contributed by atoms with van der Waals surface area (Å²) in [5, 5.41) is 0. The van der Waals surface area contributed by atoms with Gasteiger partial charge in [0.15, 0.2) is 11.5 Å². The van der Waals surface area contributed by atoms with Crippen molar-refractivity contribution in [2.24, 2.45) is 0 Å². The molecule has 0 aliphatic rings. The number of rotatable bonds is 10. The predicted molar refractivity (Wildman–Crippen MR) is 152 cm³/mol. The number of carbonyl (C=O) groups is 1. The van der Waals surface area contributed by atoms with Gasteiger partial charge in [-0.2, -0.15) is 4.31 Å². The number of amides is 1. The van der Waals surface area contributed by atoms with Gasteiger partial charge in [0.1, 0.15) is 12.4 Å². The zero-order valence-corrected chi connectivity index (χ0v) is 22.7. The summed E-state index contributed by atoms with van der Waals surface area (Å²) < 4.78 is 44.5. The lowest BCUT2D eigenvalue weighted by atomic mass is 10.2. The first-order valence-corrected chi connectivity index (χ1v) is 13.6. The lowest BCUT2D eigenvalue weighted by Crippen LogP contribution is -2.35. The van der Waals surface area contributed by atoms with Gasteiger partial charge in [-0.05, 0) is 72.7 Å². The molecular weight excluding hydrogens is 514 g/mol. The second-order valence-electron chi connectivity index (χ2n) is 8.64. The first-order chi connectivity index (χ1) is 18.8. The van der Waals surface area contributed by atoms with E-state index in [0.717, 1.165) is 15.4 Å². The average molecular weight is 544 g/mol. The van der Waals surface area contributed by atoms with Crippen molar-refractivity contribution >= 4 is 27.7 Å². The van der Waals surface area contributed by atoms with Crippen LogP contribution < -0.4 is 18.5 Å². The number of benzene rings is 4. The van der Waals surface area contributed by atoms with Crippen LogP contribution in [0.3, 0.4) is 0 Å². The lowest BCUT2D eigenvalue weighted by Gasteiger charge is -2.21. The van der Waals surface area contributed by atoms with Crippen molar-refractivity contribution in [2.45, 2.75) is 18.4 Å². The summed E-state index contributed by atoms with van der Waals surface area (Å²) in [6, 6.07) is 27.6. The summed E-state index contributed by atoms with van der Waals surface area (Å²) >= 11 is 0. The van der Waals surface area contributed by atoms with E-state index in [1.165, 1.54) is 50.6 Å². The molecule has 0 aliphatic heterocycles. The number of hydrogen-bond acceptors (Lipinski definition) is 6. The maximum absolute atomic E-state index is 13.6. The van der Waals surface area contributed by atoms with Crippen LogP contribution in [0.15, 0.2) is 108 Å². The van der Waals surface area contributed by atoms with Crippen molar-refractivity contribution in [1.29, 1.82) is 0 Å². The minimum Gasteiger partial charge on any atom is -0.497 e. The quantitative estimate of drug-likeness (QED) is 0.227. The minimum atomic E-state index is -4.20. The molecule has 8 heteroatoms. The van der Waals surface area contributed by atoms with Gasteiger partial charge in [0.25, 0.3) is 15.9 Å². The number of sulfonamides is 1. The fraction of sp³-hybridized carbons (Fsp3) is 0.129. The standard InChI is InChI=1S/C31H29NO6S/c1-23-9-17-28(18-10-23)39(34,35)32(26-13-15-27(36-2)16-14-26)31(33)20-12-24-11-19-29(30(21-24)37-3)38-22-25-7-5-4-6-8-25/h4-21H,22H2,1-3H3/b20-12+. The molecule has 4 aromatic carbocycles. The Balaban J connectivity index is 1.61. The third-order valence-electron chi connectivity index (χ3n) is 5.91. The highest BCUT2D eigenvalue weighted by atomic mass is 32.2. The molecule has 0 aromatic heterocycles. The van der Waals surface area contributed by atoms with Crippen LogP contribution in [0, 0.1) is 6.92 Å². The van der Waals surface area contributed by atoms with Gasteiger partial charge in [-0.3, -0.25) is 4.79 Å². The highest BCUT2D eigenvalue weighted by Gasteiger charge is 2.29. The largest absolute Gasteiger partial charge is 0.497 e. The Morgan fingerprint density at radius 2 is 1.51 bits per heavy atom. The van der Waals surface area contributed by atoms with Crippen LogP contribution in [0.5, 0.6) is 17.2 Å². The summed E-state index contributed by atoms with van der Waals surface area (Å²) in [4.78, 5) is 13.4. The van der Waals surface area contributed by atoms with Gasteiger partial charge in [0.05, 0.1) is 24.8 Å². The maximum Gasteiger partial charge on any atom is 0.271 e. The summed E-state index contributed by atoms with van der Waals surface area (Å²) in [6.07, 6.45) is 2.75. The van der Waals surface area contributed by atoms with Crippen LogP contribution in [0.2, 0.25) is 0 Å². The molecule has 0 atom stereocenters. The fourth-order valence-electron chi connectivity index (χ4n) is 3.80. The van der Waals surface area contributed by atoms with Gasteiger partial charge >= 0.3 is 0 Å². The van der Waals surface area contributed by atoms with Crippen molar-refractivity contribution in [3.8, 4) is 17.2 Å². The van der Waals surface area contributed by atoms with E-state index in [0.29, 0.717) is 29.4 Å². The van der Waals surface area contributed by atoms with Crippen LogP contribution in [0.4, 0.5) is 5.69 Å². The van der Waals surface area contributed by atoms with Crippen LogP contribution in [-0.4, -0.2) is 28.5 Å². The van der Waals surface area contributed by atoms with E-state index in [-0.39, 0.29) is 10.6 Å². The number of ether oxygens (including phenoxy) is 3. The van der Waals surface area contributed by atoms with Crippen molar-refractivity contribution in [2.75, 3.05) is 18.5 Å². The third kappa shape index (κ3) is 6.66. The molecule has 7 nitrogen and oxygen atoms in total. The molecule has 4 rings (SSSR count). The molecule has 0 bridgehead atoms. The SMILES string of the molecule is COc1ccc(N(C(=O)/C=C/c2ccc(OCc3ccccc3)c(OC)c2)S(=O)(=O)c2ccc(C)cc2)cc1. The second kappa shape index (κ2) is 12.3. The van der Waals surface area contributed by atoms with E-state index in [4.69, 9.17) is 14.2 Å². The molecule has 0 spiro atoms. The zero-order valence-electron chi connectivity index (χ0n) is 21.9. The van der Waals surface area contributed by atoms with E-state index < -0.39 is 15.9 Å². The number of aryl methyl sites for hydroxylation is 1. The molecule has 4 aromatic rings. The van der Waals surface area contributed by atoms with Gasteiger partial charge in [-0.1, -0.05) is 54.1 Å². The molecule has 0 aliphatic carbocycles. The Morgan fingerprint density at radius 1 is 0.821 bits per heavy atom. The normalized spacial score (nSPS) is 11.3. The Kier molecular flexibility index (Phi) is 8.68. The Labute approximate surface area is 228 Å². The van der Waals surface area contributed by atoms with Crippen LogP contribution in [-0.2, 0) is 21.4 Å². The van der Waals surface area contributed by atoms with E-state index in [1.807, 2.05) is 37.3 Å². The highest BCUT2D eigenvalue weighted by molar-refractivity contribution is 7.93. The van der Waals surface area contributed by atoms with Crippen molar-refractivity contribution < 1.29 is 27.4 Å². The number of anilines is 1. The fourth-order valence-corrected chi connectivity index (χ4v) is 5.18. The van der Waals surface area contributed by atoms with E-state index in [2.05, 4.69) is 0 Å². The summed E-state index contributed by atoms with van der Waals surface area (Å²) in [5.74, 6) is 0.840. The summed E-state index contributed by atoms with van der Waals surface area (Å²) in [5.41, 5.74) is 2.74. The van der Waals surface area contributed by atoms with E-state index >= 15 is 0 Å². The maximum atomic E-state index is 13.6. The Morgan fingerprint density at radius 3 is 2.15 bits per heavy atom. The zero-order chi connectivity index (χ0) is 27.8. The topological polar surface area (TPSA) is 82.1 Å². The highest BCUT2D eigenvalue weighted by Crippen LogP contribution is 2.30. The number of carbonyl (C=O) groups excluding carboxylic acids is 1. The minimum absolute atomic E-state index is 0.00672. The average Bonchev–Trinajstić information content (AvgIpc) is 2.96. The van der Waals surface area contributed by atoms with Crippen molar-refractivity contribution in [3.63, 3.8) is 0 Å². The third-order valence-corrected chi connectivity index (χ3v) is 7.65. The Bertz CT molecular complexity index is 1550. The Hall–Kier alpha value is -4.56. The molecule has 0 unspecified atom stereocenters. The van der Waals surface area contributed by atoms with E-state index in [9.17, 15) is 13.2 Å². The molecule has 0 N–H and O–H groups in total. The van der Waals surface area contributed by atoms with Crippen molar-refractivity contribution in [3.05, 3.63) is 120 Å². The van der Waals surface area contributed by atoms with Gasteiger partial charge in [-0.25, -0.2) is 8.42 Å². The smallest absolute Gasteiger partial charge is 0.271 e. The molecule has 0 fully saturated rings. The summed E-state index contributed by atoms with van der Waals surface area (Å²) in [7, 11) is -1.16. The lowest BCUT2D eigenvalue weighted by molar-refractivity contribution is -0.113. The number of nitrogens with zero attached hydrogens (tertiary/aromatic N) is 1. The summed E-state index contributed by atoms with van der Waals surface area (Å²) in [6.45, 7) is 2.23. The van der Waals surface area contributed by atoms with Crippen molar-refractivity contribution in [1.82, 2.24) is 0 Å². The second-order valence-corrected chi connectivity index (χ2v) is 10.4. The van der Waals surface area contributed by atoms with Gasteiger partial charge < -0.3 is 14.2 Å². The van der Waals surface area contributed by atoms with E-state index in [1.54, 1.807) is 42.5 Å². The molecule has 0 heterocycles. The molecule has 200 valence electrons. The molecular formula is C31H29NO6S. The van der Waals surface area contributed by atoms with Gasteiger partial charge in [0, 0.05) is 6.08 Å². The number of methoxy groups -OCH3 is 2. The monoisotopic (exact) mass is 543 g/mol. The van der Waals surface area contributed by atoms with Crippen LogP contribution in [0.25, 0.3) is 6.08 Å².